The molecule has 2 aromatic carbocycles. The number of nitrogens with one attached hydrogen (secondary N) is 1. The standard InChI is InChI=1S/C31H39ClN4O6/c1-20(33)27(37)34-26(21(2)41-18-22-10-5-4-6-11-22)29(38)36-15-8-7-14-25(36)28-35-31(19-42-28,30(39)40-3)17-23-12-9-13-24(32)16-23/h4-6,9-13,16,20-21,25-26H,7-8,14-15,17-19,33H2,1-3H3,(H,34,37)/t20?,21-,25+,26?,31-/m1/s1. The van der Waals surface area contributed by atoms with Crippen molar-refractivity contribution in [3.05, 3.63) is 70.7 Å². The second-order valence-electron chi connectivity index (χ2n) is 10.9. The van der Waals surface area contributed by atoms with E-state index in [1.54, 1.807) is 30.9 Å². The molecule has 2 aliphatic rings. The van der Waals surface area contributed by atoms with Crippen LogP contribution in [0, 0.1) is 0 Å². The van der Waals surface area contributed by atoms with Crippen LogP contribution in [0.4, 0.5) is 0 Å². The SMILES string of the molecule is COC(=O)[C@@]1(Cc2cccc(Cl)c2)COC([C@@H]2CCCCN2C(=O)C(NC(=O)C(C)N)[C@@H](C)OCc2ccccc2)=N1. The lowest BCUT2D eigenvalue weighted by molar-refractivity contribution is -0.147. The van der Waals surface area contributed by atoms with Gasteiger partial charge in [0.05, 0.1) is 25.9 Å². The average molecular weight is 599 g/mol. The minimum absolute atomic E-state index is 0.0263. The Morgan fingerprint density at radius 2 is 1.88 bits per heavy atom. The summed E-state index contributed by atoms with van der Waals surface area (Å²) in [7, 11) is 1.31. The lowest BCUT2D eigenvalue weighted by atomic mass is 9.92. The van der Waals surface area contributed by atoms with E-state index in [9.17, 15) is 14.4 Å². The summed E-state index contributed by atoms with van der Waals surface area (Å²) in [4.78, 5) is 46.3. The Balaban J connectivity index is 1.59. The molecule has 2 heterocycles. The molecule has 42 heavy (non-hydrogen) atoms. The van der Waals surface area contributed by atoms with Gasteiger partial charge in [-0.15, -0.1) is 0 Å². The molecule has 1 saturated heterocycles. The average Bonchev–Trinajstić information content (AvgIpc) is 3.43. The first-order valence-electron chi connectivity index (χ1n) is 14.2. The van der Waals surface area contributed by atoms with Gasteiger partial charge in [-0.2, -0.15) is 0 Å². The summed E-state index contributed by atoms with van der Waals surface area (Å²) in [5.41, 5.74) is 6.27. The van der Waals surface area contributed by atoms with E-state index in [0.717, 1.165) is 24.0 Å². The zero-order valence-electron chi connectivity index (χ0n) is 24.3. The van der Waals surface area contributed by atoms with Crippen LogP contribution >= 0.6 is 11.6 Å². The number of nitrogens with two attached hydrogens (primary N) is 1. The van der Waals surface area contributed by atoms with Gasteiger partial charge in [0.25, 0.3) is 0 Å². The Labute approximate surface area is 251 Å². The van der Waals surface area contributed by atoms with Gasteiger partial charge in [-0.05, 0) is 56.4 Å². The second kappa shape index (κ2) is 14.1. The highest BCUT2D eigenvalue weighted by Crippen LogP contribution is 2.31. The molecule has 2 unspecified atom stereocenters. The minimum atomic E-state index is -1.31. The lowest BCUT2D eigenvalue weighted by Crippen LogP contribution is -2.60. The van der Waals surface area contributed by atoms with Crippen molar-refractivity contribution < 1.29 is 28.6 Å². The Kier molecular flexibility index (Phi) is 10.6. The van der Waals surface area contributed by atoms with Crippen molar-refractivity contribution in [3.8, 4) is 0 Å². The molecule has 10 nitrogen and oxygen atoms in total. The van der Waals surface area contributed by atoms with Crippen molar-refractivity contribution in [3.63, 3.8) is 0 Å². The third-order valence-electron chi connectivity index (χ3n) is 7.61. The number of ether oxygens (including phenoxy) is 3. The Hall–Kier alpha value is -3.47. The van der Waals surface area contributed by atoms with Crippen molar-refractivity contribution in [1.82, 2.24) is 10.2 Å². The first-order chi connectivity index (χ1) is 20.1. The Morgan fingerprint density at radius 1 is 1.14 bits per heavy atom. The molecule has 2 aliphatic heterocycles. The molecule has 0 saturated carbocycles. The van der Waals surface area contributed by atoms with Crippen LogP contribution in [0.25, 0.3) is 0 Å². The fourth-order valence-electron chi connectivity index (χ4n) is 5.27. The molecule has 0 bridgehead atoms. The van der Waals surface area contributed by atoms with Gasteiger partial charge < -0.3 is 30.2 Å². The quantitative estimate of drug-likeness (QED) is 0.380. The first-order valence-corrected chi connectivity index (χ1v) is 14.6. The first kappa shape index (κ1) is 31.5. The summed E-state index contributed by atoms with van der Waals surface area (Å²) in [6.07, 6.45) is 1.76. The van der Waals surface area contributed by atoms with Crippen LogP contribution < -0.4 is 11.1 Å². The van der Waals surface area contributed by atoms with E-state index in [-0.39, 0.29) is 25.5 Å². The Bertz CT molecular complexity index is 1290. The minimum Gasteiger partial charge on any atom is -0.476 e. The summed E-state index contributed by atoms with van der Waals surface area (Å²) in [5, 5.41) is 3.34. The van der Waals surface area contributed by atoms with Gasteiger partial charge in [0, 0.05) is 18.0 Å². The van der Waals surface area contributed by atoms with E-state index < -0.39 is 41.6 Å². The van der Waals surface area contributed by atoms with E-state index in [4.69, 9.17) is 36.5 Å². The lowest BCUT2D eigenvalue weighted by Gasteiger charge is -2.38. The summed E-state index contributed by atoms with van der Waals surface area (Å²) >= 11 is 6.19. The number of piperidine rings is 1. The van der Waals surface area contributed by atoms with Crippen LogP contribution in [0.5, 0.6) is 0 Å². The van der Waals surface area contributed by atoms with Crippen LogP contribution in [0.2, 0.25) is 5.02 Å². The molecule has 0 aliphatic carbocycles. The summed E-state index contributed by atoms with van der Waals surface area (Å²) < 4.78 is 17.3. The number of amides is 2. The number of carbonyl (C=O) groups is 3. The molecule has 0 spiro atoms. The number of nitrogens with zero attached hydrogens (tertiary/aromatic N) is 2. The number of methoxy groups -OCH3 is 1. The maximum Gasteiger partial charge on any atom is 0.337 e. The number of hydrogen-bond donors (Lipinski definition) is 2. The predicted octanol–water partition coefficient (Wildman–Crippen LogP) is 3.04. The molecule has 1 fully saturated rings. The summed E-state index contributed by atoms with van der Waals surface area (Å²) in [5.74, 6) is -1.02. The van der Waals surface area contributed by atoms with Gasteiger partial charge in [0.2, 0.25) is 17.7 Å². The normalized spacial score (nSPS) is 22.4. The van der Waals surface area contributed by atoms with Crippen LogP contribution in [-0.4, -0.2) is 78.6 Å². The number of carbonyl (C=O) groups excluding carboxylic acids is 3. The molecule has 3 N–H and O–H groups in total. The number of likely N-dealkylation sites (tertiary alicyclic amines) is 1. The molecule has 4 rings (SSSR count). The van der Waals surface area contributed by atoms with Crippen molar-refractivity contribution in [2.24, 2.45) is 10.7 Å². The van der Waals surface area contributed by atoms with E-state index in [2.05, 4.69) is 5.32 Å². The van der Waals surface area contributed by atoms with Crippen LogP contribution in [-0.2, 0) is 41.6 Å². The number of hydrogen-bond acceptors (Lipinski definition) is 8. The molecule has 226 valence electrons. The van der Waals surface area contributed by atoms with Crippen molar-refractivity contribution in [1.29, 1.82) is 0 Å². The predicted molar refractivity (Wildman–Crippen MR) is 159 cm³/mol. The van der Waals surface area contributed by atoms with E-state index in [1.165, 1.54) is 7.11 Å². The molecule has 0 aromatic heterocycles. The van der Waals surface area contributed by atoms with Gasteiger partial charge in [-0.25, -0.2) is 9.79 Å². The molecular formula is C31H39ClN4O6. The number of rotatable bonds is 11. The Morgan fingerprint density at radius 3 is 2.57 bits per heavy atom. The van der Waals surface area contributed by atoms with Crippen molar-refractivity contribution in [2.45, 2.75) is 75.9 Å². The fraction of sp³-hybridized carbons (Fsp3) is 0.484. The second-order valence-corrected chi connectivity index (χ2v) is 11.3. The van der Waals surface area contributed by atoms with Crippen molar-refractivity contribution >= 4 is 35.3 Å². The number of benzene rings is 2. The maximum absolute atomic E-state index is 14.1. The highest BCUT2D eigenvalue weighted by molar-refractivity contribution is 6.30. The monoisotopic (exact) mass is 598 g/mol. The van der Waals surface area contributed by atoms with E-state index in [0.29, 0.717) is 23.9 Å². The van der Waals surface area contributed by atoms with Gasteiger partial charge >= 0.3 is 5.97 Å². The van der Waals surface area contributed by atoms with E-state index in [1.807, 2.05) is 42.5 Å². The van der Waals surface area contributed by atoms with E-state index >= 15 is 0 Å². The molecule has 5 atom stereocenters. The third-order valence-corrected chi connectivity index (χ3v) is 7.84. The van der Waals surface area contributed by atoms with Gasteiger partial charge in [0.15, 0.2) is 5.54 Å². The largest absolute Gasteiger partial charge is 0.476 e. The highest BCUT2D eigenvalue weighted by Gasteiger charge is 2.49. The van der Waals surface area contributed by atoms with Crippen LogP contribution in [0.15, 0.2) is 59.6 Å². The van der Waals surface area contributed by atoms with Crippen LogP contribution in [0.3, 0.4) is 0 Å². The number of halogens is 1. The summed E-state index contributed by atoms with van der Waals surface area (Å²) in [6.45, 7) is 3.99. The zero-order chi connectivity index (χ0) is 30.3. The van der Waals surface area contributed by atoms with Crippen molar-refractivity contribution in [2.75, 3.05) is 20.3 Å². The third kappa shape index (κ3) is 7.48. The smallest absolute Gasteiger partial charge is 0.337 e. The number of aliphatic imine (C=N–C) groups is 1. The summed E-state index contributed by atoms with van der Waals surface area (Å²) in [6, 6.07) is 14.5. The molecular weight excluding hydrogens is 560 g/mol. The van der Waals surface area contributed by atoms with Crippen LogP contribution in [0.1, 0.15) is 44.2 Å². The van der Waals surface area contributed by atoms with Gasteiger partial charge in [-0.1, -0.05) is 54.1 Å². The number of esters is 1. The van der Waals surface area contributed by atoms with Gasteiger partial charge in [0.1, 0.15) is 18.7 Å². The zero-order valence-corrected chi connectivity index (χ0v) is 25.0. The molecule has 2 aromatic rings. The maximum atomic E-state index is 14.1. The molecule has 11 heteroatoms. The molecule has 2 amide bonds. The molecule has 0 radical (unpaired) electrons. The fourth-order valence-corrected chi connectivity index (χ4v) is 5.49. The topological polar surface area (TPSA) is 133 Å². The highest BCUT2D eigenvalue weighted by atomic mass is 35.5. The van der Waals surface area contributed by atoms with Gasteiger partial charge in [-0.3, -0.25) is 9.59 Å².